The van der Waals surface area contributed by atoms with E-state index >= 15 is 0 Å². The zero-order valence-electron chi connectivity index (χ0n) is 18.3. The Morgan fingerprint density at radius 1 is 1.16 bits per heavy atom. The van der Waals surface area contributed by atoms with E-state index in [-0.39, 0.29) is 18.8 Å². The molecule has 0 saturated carbocycles. The molecule has 0 spiro atoms. The van der Waals surface area contributed by atoms with Crippen molar-refractivity contribution < 1.29 is 19.2 Å². The minimum Gasteiger partial charge on any atom is -0.489 e. The molecule has 2 aromatic carbocycles. The van der Waals surface area contributed by atoms with Crippen LogP contribution in [0.1, 0.15) is 26.3 Å². The van der Waals surface area contributed by atoms with Gasteiger partial charge < -0.3 is 20.1 Å². The van der Waals surface area contributed by atoms with Crippen LogP contribution in [0.15, 0.2) is 54.7 Å². The Hall–Kier alpha value is -3.88. The van der Waals surface area contributed by atoms with Crippen molar-refractivity contribution in [1.82, 2.24) is 10.3 Å². The third-order valence-corrected chi connectivity index (χ3v) is 4.38. The fourth-order valence-electron chi connectivity index (χ4n) is 2.98. The largest absolute Gasteiger partial charge is 0.489 e. The number of alkyl carbamates (subject to hydrolysis) is 1. The number of anilines is 1. The van der Waals surface area contributed by atoms with Gasteiger partial charge in [-0.15, -0.1) is 0 Å². The van der Waals surface area contributed by atoms with Gasteiger partial charge in [0.2, 0.25) is 0 Å². The van der Waals surface area contributed by atoms with Crippen LogP contribution in [-0.2, 0) is 11.3 Å². The van der Waals surface area contributed by atoms with Gasteiger partial charge in [0.15, 0.2) is 0 Å². The van der Waals surface area contributed by atoms with Crippen LogP contribution in [0.4, 0.5) is 16.2 Å². The summed E-state index contributed by atoms with van der Waals surface area (Å²) < 4.78 is 11.0. The molecule has 0 atom stereocenters. The van der Waals surface area contributed by atoms with Gasteiger partial charge >= 0.3 is 11.8 Å². The molecule has 0 aliphatic heterocycles. The number of benzene rings is 2. The minimum atomic E-state index is -0.548. The van der Waals surface area contributed by atoms with Crippen molar-refractivity contribution in [1.29, 1.82) is 0 Å². The zero-order valence-corrected chi connectivity index (χ0v) is 18.3. The molecule has 0 bridgehead atoms. The Labute approximate surface area is 185 Å². The van der Waals surface area contributed by atoms with Gasteiger partial charge in [0, 0.05) is 23.5 Å². The standard InChI is InChI=1S/C23H26N4O5/c1-23(2,3)26-22(28)31-12-11-24-21-18-10-9-17(32-15-16-7-5-4-6-8-16)13-19(18)25-14-20(21)27(29)30/h4-10,13-14H,11-12,15H2,1-3H3,(H,24,25)(H,26,28). The van der Waals surface area contributed by atoms with Crippen molar-refractivity contribution >= 4 is 28.4 Å². The van der Waals surface area contributed by atoms with Crippen LogP contribution in [0.3, 0.4) is 0 Å². The number of hydrogen-bond donors (Lipinski definition) is 2. The number of carbonyl (C=O) groups excluding carboxylic acids is 1. The van der Waals surface area contributed by atoms with Crippen molar-refractivity contribution in [3.63, 3.8) is 0 Å². The highest BCUT2D eigenvalue weighted by Gasteiger charge is 2.19. The average Bonchev–Trinajstić information content (AvgIpc) is 2.74. The van der Waals surface area contributed by atoms with Gasteiger partial charge in [-0.2, -0.15) is 0 Å². The number of carbonyl (C=O) groups is 1. The van der Waals surface area contributed by atoms with Gasteiger partial charge in [-0.3, -0.25) is 10.1 Å². The number of nitrogens with one attached hydrogen (secondary N) is 2. The molecule has 9 heteroatoms. The number of fused-ring (bicyclic) bond motifs is 1. The molecule has 0 aliphatic rings. The number of nitro groups is 1. The average molecular weight is 438 g/mol. The topological polar surface area (TPSA) is 116 Å². The Balaban J connectivity index is 1.71. The number of amides is 1. The highest BCUT2D eigenvalue weighted by atomic mass is 16.6. The number of aromatic nitrogens is 1. The Morgan fingerprint density at radius 2 is 1.91 bits per heavy atom. The summed E-state index contributed by atoms with van der Waals surface area (Å²) in [5, 5.41) is 17.8. The lowest BCUT2D eigenvalue weighted by atomic mass is 10.1. The second kappa shape index (κ2) is 9.95. The van der Waals surface area contributed by atoms with E-state index in [1.54, 1.807) is 18.2 Å². The van der Waals surface area contributed by atoms with Crippen molar-refractivity contribution in [2.45, 2.75) is 32.9 Å². The summed E-state index contributed by atoms with van der Waals surface area (Å²) in [5.41, 5.74) is 1.33. The lowest BCUT2D eigenvalue weighted by molar-refractivity contribution is -0.384. The molecular formula is C23H26N4O5. The molecule has 1 aromatic heterocycles. The molecule has 168 valence electrons. The van der Waals surface area contributed by atoms with Crippen LogP contribution in [0.5, 0.6) is 5.75 Å². The maximum atomic E-state index is 11.8. The number of nitrogens with zero attached hydrogens (tertiary/aromatic N) is 2. The molecule has 2 N–H and O–H groups in total. The van der Waals surface area contributed by atoms with Crippen LogP contribution in [0.25, 0.3) is 10.9 Å². The summed E-state index contributed by atoms with van der Waals surface area (Å²) in [6.07, 6.45) is 0.660. The summed E-state index contributed by atoms with van der Waals surface area (Å²) >= 11 is 0. The number of ether oxygens (including phenoxy) is 2. The smallest absolute Gasteiger partial charge is 0.407 e. The first-order valence-electron chi connectivity index (χ1n) is 10.2. The Bertz CT molecular complexity index is 1100. The molecule has 0 unspecified atom stereocenters. The predicted molar refractivity (Wildman–Crippen MR) is 122 cm³/mol. The van der Waals surface area contributed by atoms with E-state index in [9.17, 15) is 14.9 Å². The minimum absolute atomic E-state index is 0.0428. The van der Waals surface area contributed by atoms with E-state index in [1.807, 2.05) is 51.1 Å². The maximum Gasteiger partial charge on any atom is 0.407 e. The highest BCUT2D eigenvalue weighted by molar-refractivity contribution is 5.96. The first kappa shape index (κ1) is 22.8. The summed E-state index contributed by atoms with van der Waals surface area (Å²) in [7, 11) is 0. The molecule has 0 aliphatic carbocycles. The third kappa shape index (κ3) is 6.31. The highest BCUT2D eigenvalue weighted by Crippen LogP contribution is 2.33. The van der Waals surface area contributed by atoms with E-state index in [2.05, 4.69) is 15.6 Å². The Kier molecular flexibility index (Phi) is 7.09. The quantitative estimate of drug-likeness (QED) is 0.298. The number of pyridine rings is 1. The van der Waals surface area contributed by atoms with Gasteiger partial charge in [0.1, 0.15) is 30.8 Å². The fourth-order valence-corrected chi connectivity index (χ4v) is 2.98. The molecule has 32 heavy (non-hydrogen) atoms. The molecule has 3 rings (SSSR count). The first-order valence-corrected chi connectivity index (χ1v) is 10.2. The molecule has 3 aromatic rings. The number of rotatable bonds is 8. The molecule has 0 fully saturated rings. The van der Waals surface area contributed by atoms with Crippen LogP contribution >= 0.6 is 0 Å². The van der Waals surface area contributed by atoms with Crippen molar-refractivity contribution in [3.05, 3.63) is 70.4 Å². The van der Waals surface area contributed by atoms with E-state index in [1.165, 1.54) is 6.20 Å². The normalized spacial score (nSPS) is 11.1. The zero-order chi connectivity index (χ0) is 23.1. The van der Waals surface area contributed by atoms with E-state index in [4.69, 9.17) is 9.47 Å². The summed E-state index contributed by atoms with van der Waals surface area (Å²) in [4.78, 5) is 27.0. The number of hydrogen-bond acceptors (Lipinski definition) is 7. The molecule has 1 heterocycles. The van der Waals surface area contributed by atoms with Gasteiger partial charge in [0.05, 0.1) is 10.4 Å². The van der Waals surface area contributed by atoms with Crippen LogP contribution < -0.4 is 15.4 Å². The predicted octanol–water partition coefficient (Wildman–Crippen LogP) is 4.66. The third-order valence-electron chi connectivity index (χ3n) is 4.38. The molecule has 0 radical (unpaired) electrons. The fraction of sp³-hybridized carbons (Fsp3) is 0.304. The summed E-state index contributed by atoms with van der Waals surface area (Å²) in [5.74, 6) is 0.607. The first-order chi connectivity index (χ1) is 15.2. The monoisotopic (exact) mass is 438 g/mol. The van der Waals surface area contributed by atoms with Crippen molar-refractivity contribution in [2.75, 3.05) is 18.5 Å². The van der Waals surface area contributed by atoms with E-state index in [0.29, 0.717) is 28.9 Å². The van der Waals surface area contributed by atoms with Crippen molar-refractivity contribution in [2.24, 2.45) is 0 Å². The second-order valence-electron chi connectivity index (χ2n) is 8.17. The Morgan fingerprint density at radius 3 is 2.59 bits per heavy atom. The van der Waals surface area contributed by atoms with Crippen LogP contribution in [0.2, 0.25) is 0 Å². The molecule has 9 nitrogen and oxygen atoms in total. The maximum absolute atomic E-state index is 11.8. The van der Waals surface area contributed by atoms with E-state index < -0.39 is 16.6 Å². The molecule has 1 amide bonds. The molecule has 0 saturated heterocycles. The summed E-state index contributed by atoms with van der Waals surface area (Å²) in [6, 6.07) is 15.0. The molecular weight excluding hydrogens is 412 g/mol. The van der Waals surface area contributed by atoms with Crippen LogP contribution in [-0.4, -0.2) is 34.7 Å². The van der Waals surface area contributed by atoms with Crippen LogP contribution in [0, 0.1) is 10.1 Å². The SMILES string of the molecule is CC(C)(C)NC(=O)OCCNc1c([N+](=O)[O-])cnc2cc(OCc3ccccc3)ccc12. The van der Waals surface area contributed by atoms with Crippen molar-refractivity contribution in [3.8, 4) is 5.75 Å². The van der Waals surface area contributed by atoms with Gasteiger partial charge in [0.25, 0.3) is 0 Å². The second-order valence-corrected chi connectivity index (χ2v) is 8.17. The summed E-state index contributed by atoms with van der Waals surface area (Å²) in [6.45, 7) is 6.17. The van der Waals surface area contributed by atoms with Gasteiger partial charge in [-0.1, -0.05) is 30.3 Å². The lowest BCUT2D eigenvalue weighted by Crippen LogP contribution is -2.41. The van der Waals surface area contributed by atoms with Gasteiger partial charge in [-0.25, -0.2) is 9.78 Å². The van der Waals surface area contributed by atoms with E-state index in [0.717, 1.165) is 5.56 Å². The lowest BCUT2D eigenvalue weighted by Gasteiger charge is -2.20. The van der Waals surface area contributed by atoms with Gasteiger partial charge in [-0.05, 0) is 38.5 Å².